The first-order chi connectivity index (χ1) is 17.3. The molecule has 0 bridgehead atoms. The molecule has 10 heteroatoms. The van der Waals surface area contributed by atoms with Crippen LogP contribution in [0.3, 0.4) is 0 Å². The van der Waals surface area contributed by atoms with Crippen molar-refractivity contribution in [3.63, 3.8) is 0 Å². The molecule has 4 heterocycles. The molecule has 3 saturated heterocycles. The van der Waals surface area contributed by atoms with Crippen molar-refractivity contribution in [1.29, 1.82) is 0 Å². The highest BCUT2D eigenvalue weighted by Crippen LogP contribution is 2.38. The minimum Gasteiger partial charge on any atom is -0.366 e. The first kappa shape index (κ1) is 24.7. The lowest BCUT2D eigenvalue weighted by Crippen LogP contribution is -2.62. The number of pyridine rings is 1. The van der Waals surface area contributed by atoms with Gasteiger partial charge in [0.2, 0.25) is 5.91 Å². The van der Waals surface area contributed by atoms with Crippen LogP contribution in [-0.2, 0) is 19.4 Å². The summed E-state index contributed by atoms with van der Waals surface area (Å²) < 4.78 is 30.0. The summed E-state index contributed by atoms with van der Waals surface area (Å²) in [5, 5.41) is 2.95. The van der Waals surface area contributed by atoms with Gasteiger partial charge >= 0.3 is 6.03 Å². The molecule has 0 aliphatic carbocycles. The second-order valence-corrected chi connectivity index (χ2v) is 12.0. The van der Waals surface area contributed by atoms with Gasteiger partial charge in [0.15, 0.2) is 9.84 Å². The number of hydrogen-bond acceptors (Lipinski definition) is 6. The van der Waals surface area contributed by atoms with Crippen molar-refractivity contribution in [2.24, 2.45) is 5.92 Å². The van der Waals surface area contributed by atoms with E-state index in [1.165, 1.54) is 6.26 Å². The summed E-state index contributed by atoms with van der Waals surface area (Å²) in [5.74, 6) is 0.0258. The molecule has 0 radical (unpaired) electrons. The molecular weight excluding hydrogens is 480 g/mol. The Labute approximate surface area is 211 Å². The maximum atomic E-state index is 13.3. The molecule has 3 aliphatic rings. The molecule has 36 heavy (non-hydrogen) atoms. The largest absolute Gasteiger partial charge is 0.366 e. The highest BCUT2D eigenvalue weighted by molar-refractivity contribution is 7.90. The summed E-state index contributed by atoms with van der Waals surface area (Å²) in [5.41, 5.74) is 1.83. The second kappa shape index (κ2) is 10.2. The Hall–Kier alpha value is -2.98. The highest BCUT2D eigenvalue weighted by Gasteiger charge is 2.39. The van der Waals surface area contributed by atoms with E-state index >= 15 is 0 Å². The van der Waals surface area contributed by atoms with Crippen LogP contribution in [-0.4, -0.2) is 86.3 Å². The van der Waals surface area contributed by atoms with Gasteiger partial charge in [0.1, 0.15) is 6.61 Å². The van der Waals surface area contributed by atoms with Crippen LogP contribution in [0.2, 0.25) is 0 Å². The van der Waals surface area contributed by atoms with Crippen LogP contribution in [0.25, 0.3) is 0 Å². The van der Waals surface area contributed by atoms with Crippen LogP contribution in [0.1, 0.15) is 36.4 Å². The third kappa shape index (κ3) is 5.24. The van der Waals surface area contributed by atoms with Gasteiger partial charge in [-0.3, -0.25) is 9.78 Å². The summed E-state index contributed by atoms with van der Waals surface area (Å²) in [6.45, 7) is 2.40. The molecule has 9 nitrogen and oxygen atoms in total. The summed E-state index contributed by atoms with van der Waals surface area (Å²) in [6, 6.07) is 12.8. The van der Waals surface area contributed by atoms with Crippen LogP contribution in [0.5, 0.6) is 0 Å². The molecule has 1 aromatic heterocycles. The van der Waals surface area contributed by atoms with Gasteiger partial charge in [-0.25, -0.2) is 13.2 Å². The molecule has 1 aromatic carbocycles. The smallest absolute Gasteiger partial charge is 0.320 e. The van der Waals surface area contributed by atoms with Crippen LogP contribution in [0, 0.1) is 5.92 Å². The fraction of sp³-hybridized carbons (Fsp3) is 0.500. The number of nitrogens with zero attached hydrogens (tertiary/aromatic N) is 3. The number of likely N-dealkylation sites (tertiary alicyclic amines) is 2. The van der Waals surface area contributed by atoms with Crippen molar-refractivity contribution in [2.75, 3.05) is 39.0 Å². The number of piperidine rings is 2. The van der Waals surface area contributed by atoms with Gasteiger partial charge < -0.3 is 19.9 Å². The number of rotatable bonds is 4. The Morgan fingerprint density at radius 2 is 1.86 bits per heavy atom. The second-order valence-electron chi connectivity index (χ2n) is 9.94. The SMILES string of the molecule is CS(=O)(=O)c1cccc(C(c2ccccn2)C2CCN(C(=O)N3CC[C@@H]4OCC(=O)N[C@@H]4C3)CC2)c1. The predicted molar refractivity (Wildman–Crippen MR) is 133 cm³/mol. The molecule has 0 spiro atoms. The van der Waals surface area contributed by atoms with E-state index in [-0.39, 0.29) is 42.5 Å². The number of benzene rings is 1. The quantitative estimate of drug-likeness (QED) is 0.672. The molecule has 3 atom stereocenters. The molecule has 3 aliphatic heterocycles. The molecule has 1 unspecified atom stereocenters. The number of hydrogen-bond donors (Lipinski definition) is 1. The minimum atomic E-state index is -3.33. The molecule has 3 fully saturated rings. The summed E-state index contributed by atoms with van der Waals surface area (Å²) in [6.07, 6.45) is 5.25. The number of aromatic nitrogens is 1. The zero-order valence-electron chi connectivity index (χ0n) is 20.4. The van der Waals surface area contributed by atoms with Gasteiger partial charge in [-0.15, -0.1) is 0 Å². The van der Waals surface area contributed by atoms with Gasteiger partial charge in [-0.1, -0.05) is 18.2 Å². The number of fused-ring (bicyclic) bond motifs is 1. The van der Waals surface area contributed by atoms with Crippen molar-refractivity contribution in [1.82, 2.24) is 20.1 Å². The molecule has 192 valence electrons. The average Bonchev–Trinajstić information content (AvgIpc) is 2.89. The lowest BCUT2D eigenvalue weighted by Gasteiger charge is -2.44. The first-order valence-electron chi connectivity index (χ1n) is 12.5. The number of carbonyl (C=O) groups is 2. The lowest BCUT2D eigenvalue weighted by atomic mass is 9.78. The Morgan fingerprint density at radius 3 is 2.58 bits per heavy atom. The van der Waals surface area contributed by atoms with Crippen molar-refractivity contribution in [2.45, 2.75) is 42.2 Å². The maximum Gasteiger partial charge on any atom is 0.320 e. The standard InChI is InChI=1S/C26H32N4O5S/c1-36(33,34)20-6-4-5-19(15-20)25(21-7-2-3-11-27-21)18-8-12-29(13-9-18)26(32)30-14-10-23-22(16-30)28-24(31)17-35-23/h2-7,11,15,18,22-23,25H,8-10,12-14,16-17H2,1H3,(H,28,31)/t22-,23+,25?/m1/s1. The number of morpholine rings is 1. The van der Waals surface area contributed by atoms with Gasteiger partial charge in [-0.2, -0.15) is 0 Å². The van der Waals surface area contributed by atoms with Crippen LogP contribution < -0.4 is 5.32 Å². The normalized spacial score (nSPS) is 24.1. The van der Waals surface area contributed by atoms with Gasteiger partial charge in [0.05, 0.1) is 17.0 Å². The zero-order chi connectivity index (χ0) is 25.3. The number of carbonyl (C=O) groups excluding carboxylic acids is 2. The molecular formula is C26H32N4O5S. The zero-order valence-corrected chi connectivity index (χ0v) is 21.2. The third-order valence-corrected chi connectivity index (χ3v) is 8.64. The topological polar surface area (TPSA) is 109 Å². The monoisotopic (exact) mass is 512 g/mol. The van der Waals surface area contributed by atoms with E-state index in [1.807, 2.05) is 34.1 Å². The van der Waals surface area contributed by atoms with Crippen molar-refractivity contribution >= 4 is 21.8 Å². The molecule has 1 N–H and O–H groups in total. The van der Waals surface area contributed by atoms with E-state index in [4.69, 9.17) is 4.74 Å². The average molecular weight is 513 g/mol. The maximum absolute atomic E-state index is 13.3. The Kier molecular flexibility index (Phi) is 6.98. The number of amides is 3. The summed E-state index contributed by atoms with van der Waals surface area (Å²) >= 11 is 0. The highest BCUT2D eigenvalue weighted by atomic mass is 32.2. The third-order valence-electron chi connectivity index (χ3n) is 7.53. The van der Waals surface area contributed by atoms with Crippen LogP contribution >= 0.6 is 0 Å². The van der Waals surface area contributed by atoms with E-state index in [0.717, 1.165) is 24.1 Å². The summed E-state index contributed by atoms with van der Waals surface area (Å²) in [7, 11) is -3.33. The van der Waals surface area contributed by atoms with Gasteiger partial charge in [0.25, 0.3) is 0 Å². The van der Waals surface area contributed by atoms with Crippen molar-refractivity contribution in [3.05, 3.63) is 59.9 Å². The predicted octanol–water partition coefficient (Wildman–Crippen LogP) is 2.04. The number of sulfone groups is 1. The molecule has 5 rings (SSSR count). The fourth-order valence-electron chi connectivity index (χ4n) is 5.68. The van der Waals surface area contributed by atoms with E-state index in [0.29, 0.717) is 37.5 Å². The van der Waals surface area contributed by atoms with Crippen molar-refractivity contribution in [3.8, 4) is 0 Å². The number of nitrogens with one attached hydrogen (secondary N) is 1. The van der Waals surface area contributed by atoms with E-state index in [2.05, 4.69) is 10.3 Å². The fourth-order valence-corrected chi connectivity index (χ4v) is 6.36. The molecule has 2 aromatic rings. The van der Waals surface area contributed by atoms with E-state index in [1.54, 1.807) is 24.4 Å². The number of urea groups is 1. The Balaban J connectivity index is 1.29. The van der Waals surface area contributed by atoms with Crippen molar-refractivity contribution < 1.29 is 22.7 Å². The summed E-state index contributed by atoms with van der Waals surface area (Å²) in [4.78, 5) is 33.6. The first-order valence-corrected chi connectivity index (χ1v) is 14.3. The van der Waals surface area contributed by atoms with Gasteiger partial charge in [-0.05, 0) is 55.0 Å². The number of ether oxygens (including phenoxy) is 1. The minimum absolute atomic E-state index is 0.000169. The Bertz CT molecular complexity index is 1210. The Morgan fingerprint density at radius 1 is 1.08 bits per heavy atom. The van der Waals surface area contributed by atoms with Crippen LogP contribution in [0.15, 0.2) is 53.6 Å². The molecule has 0 saturated carbocycles. The van der Waals surface area contributed by atoms with E-state index < -0.39 is 9.84 Å². The van der Waals surface area contributed by atoms with Crippen LogP contribution in [0.4, 0.5) is 4.79 Å². The molecule has 3 amide bonds. The van der Waals surface area contributed by atoms with E-state index in [9.17, 15) is 18.0 Å². The lowest BCUT2D eigenvalue weighted by molar-refractivity contribution is -0.139. The van der Waals surface area contributed by atoms with Gasteiger partial charge in [0, 0.05) is 50.2 Å².